The highest BCUT2D eigenvalue weighted by atomic mass is 32.2. The smallest absolute Gasteiger partial charge is 0.306 e. The van der Waals surface area contributed by atoms with Gasteiger partial charge in [0.05, 0.1) is 12.1 Å². The number of carbonyl (C=O) groups excluding carboxylic acids is 3. The van der Waals surface area contributed by atoms with Crippen molar-refractivity contribution < 1.29 is 28.6 Å². The molecule has 0 radical (unpaired) electrons. The summed E-state index contributed by atoms with van der Waals surface area (Å²) in [5.41, 5.74) is 1.06. The summed E-state index contributed by atoms with van der Waals surface area (Å²) >= 11 is 1.52. The quantitative estimate of drug-likeness (QED) is 0.351. The fourth-order valence-electron chi connectivity index (χ4n) is 3.26. The molecule has 174 valence electrons. The van der Waals surface area contributed by atoms with E-state index in [2.05, 4.69) is 5.32 Å². The monoisotopic (exact) mass is 477 g/mol. The Morgan fingerprint density at radius 3 is 2.41 bits per heavy atom. The van der Waals surface area contributed by atoms with Crippen LogP contribution in [0.5, 0.6) is 11.5 Å². The third-order valence-corrected chi connectivity index (χ3v) is 6.00. The number of Topliss-reactive ketones (excluding diaryl/α,β-unsaturated/α-hetero) is 1. The number of hydrogen-bond donors (Lipinski definition) is 1. The highest BCUT2D eigenvalue weighted by molar-refractivity contribution is 7.99. The molecule has 0 saturated heterocycles. The largest absolute Gasteiger partial charge is 0.486 e. The molecule has 1 amide bonds. The van der Waals surface area contributed by atoms with E-state index in [0.717, 1.165) is 9.79 Å². The summed E-state index contributed by atoms with van der Waals surface area (Å²) in [6, 6.07) is 22.1. The molecule has 1 aliphatic heterocycles. The van der Waals surface area contributed by atoms with E-state index in [4.69, 9.17) is 14.2 Å². The Balaban J connectivity index is 1.24. The van der Waals surface area contributed by atoms with Gasteiger partial charge >= 0.3 is 5.97 Å². The Hall–Kier alpha value is -3.78. The van der Waals surface area contributed by atoms with Gasteiger partial charge < -0.3 is 19.5 Å². The number of benzene rings is 3. The number of ether oxygens (including phenoxy) is 3. The number of rotatable bonds is 9. The van der Waals surface area contributed by atoms with Crippen LogP contribution in [0, 0.1) is 0 Å². The first-order valence-electron chi connectivity index (χ1n) is 10.8. The second kappa shape index (κ2) is 11.4. The average Bonchev–Trinajstić information content (AvgIpc) is 2.87. The summed E-state index contributed by atoms with van der Waals surface area (Å²) in [5.74, 6) is -0.176. The first-order valence-corrected chi connectivity index (χ1v) is 11.6. The number of anilines is 1. The van der Waals surface area contributed by atoms with E-state index in [1.165, 1.54) is 11.8 Å². The summed E-state index contributed by atoms with van der Waals surface area (Å²) in [4.78, 5) is 38.7. The van der Waals surface area contributed by atoms with Crippen molar-refractivity contribution in [1.82, 2.24) is 0 Å². The molecule has 0 aliphatic carbocycles. The molecule has 0 saturated carbocycles. The van der Waals surface area contributed by atoms with Gasteiger partial charge in [-0.25, -0.2) is 0 Å². The molecule has 1 aliphatic rings. The molecule has 3 aromatic rings. The fourth-order valence-corrected chi connectivity index (χ4v) is 4.18. The second-order valence-electron chi connectivity index (χ2n) is 7.40. The summed E-state index contributed by atoms with van der Waals surface area (Å²) in [5, 5.41) is 2.78. The summed E-state index contributed by atoms with van der Waals surface area (Å²) in [6.45, 7) is 0.465. The molecule has 0 bridgehead atoms. The molecule has 0 aromatic heterocycles. The van der Waals surface area contributed by atoms with Crippen LogP contribution < -0.4 is 14.8 Å². The van der Waals surface area contributed by atoms with Crippen LogP contribution in [0.4, 0.5) is 5.69 Å². The zero-order valence-electron chi connectivity index (χ0n) is 18.3. The van der Waals surface area contributed by atoms with Crippen LogP contribution in [0.25, 0.3) is 0 Å². The minimum absolute atomic E-state index is 0.0311. The molecule has 3 aromatic carbocycles. The molecule has 8 heteroatoms. The molecule has 7 nitrogen and oxygen atoms in total. The normalized spacial score (nSPS) is 12.0. The summed E-state index contributed by atoms with van der Waals surface area (Å²) in [7, 11) is 0. The molecule has 0 spiro atoms. The van der Waals surface area contributed by atoms with E-state index in [9.17, 15) is 14.4 Å². The standard InChI is InChI=1S/C26H23NO6S/c28-21(18-10-12-22-23(16-18)32-15-14-31-22)11-13-26(30)33-17-25(29)27-20-8-4-5-9-24(20)34-19-6-2-1-3-7-19/h1-10,12,16H,11,13-15,17H2,(H,27,29). The maximum absolute atomic E-state index is 12.4. The lowest BCUT2D eigenvalue weighted by molar-refractivity contribution is -0.147. The molecule has 0 fully saturated rings. The van der Waals surface area contributed by atoms with Gasteiger partial charge in [-0.2, -0.15) is 0 Å². The number of ketones is 1. The van der Waals surface area contributed by atoms with Crippen molar-refractivity contribution in [3.05, 3.63) is 78.4 Å². The molecule has 1 N–H and O–H groups in total. The average molecular weight is 478 g/mol. The van der Waals surface area contributed by atoms with Crippen molar-refractivity contribution in [1.29, 1.82) is 0 Å². The highest BCUT2D eigenvalue weighted by Gasteiger charge is 2.17. The van der Waals surface area contributed by atoms with E-state index >= 15 is 0 Å². The molecule has 34 heavy (non-hydrogen) atoms. The van der Waals surface area contributed by atoms with E-state index in [1.807, 2.05) is 48.5 Å². The molecular weight excluding hydrogens is 454 g/mol. The predicted octanol–water partition coefficient (Wildman–Crippen LogP) is 4.75. The van der Waals surface area contributed by atoms with Gasteiger partial charge in [0.1, 0.15) is 13.2 Å². The van der Waals surface area contributed by atoms with Crippen LogP contribution in [0.2, 0.25) is 0 Å². The zero-order chi connectivity index (χ0) is 23.8. The van der Waals surface area contributed by atoms with Gasteiger partial charge in [0.2, 0.25) is 0 Å². The third-order valence-electron chi connectivity index (χ3n) is 4.92. The number of esters is 1. The summed E-state index contributed by atoms with van der Waals surface area (Å²) in [6.07, 6.45) is -0.155. The van der Waals surface area contributed by atoms with Crippen LogP contribution in [0.1, 0.15) is 23.2 Å². The van der Waals surface area contributed by atoms with Gasteiger partial charge in [-0.05, 0) is 42.5 Å². The SMILES string of the molecule is O=C(COC(=O)CCC(=O)c1ccc2c(c1)OCCO2)Nc1ccccc1Sc1ccccc1. The minimum atomic E-state index is -0.618. The first kappa shape index (κ1) is 23.4. The Bertz CT molecular complexity index is 1180. The molecule has 1 heterocycles. The van der Waals surface area contributed by atoms with E-state index < -0.39 is 18.5 Å². The van der Waals surface area contributed by atoms with Gasteiger partial charge in [0.15, 0.2) is 23.9 Å². The Labute approximate surface area is 201 Å². The Kier molecular flexibility index (Phi) is 7.83. The Morgan fingerprint density at radius 2 is 1.59 bits per heavy atom. The number of fused-ring (bicyclic) bond motifs is 1. The molecular formula is C26H23NO6S. The van der Waals surface area contributed by atoms with Crippen molar-refractivity contribution in [2.45, 2.75) is 22.6 Å². The molecule has 4 rings (SSSR count). The van der Waals surface area contributed by atoms with Gasteiger partial charge in [-0.15, -0.1) is 0 Å². The topological polar surface area (TPSA) is 90.9 Å². The van der Waals surface area contributed by atoms with Crippen LogP contribution in [-0.4, -0.2) is 37.5 Å². The lowest BCUT2D eigenvalue weighted by Gasteiger charge is -2.18. The number of para-hydroxylation sites is 1. The van der Waals surface area contributed by atoms with Crippen molar-refractivity contribution in [2.75, 3.05) is 25.1 Å². The van der Waals surface area contributed by atoms with Gasteiger partial charge in [-0.1, -0.05) is 42.1 Å². The Morgan fingerprint density at radius 1 is 0.853 bits per heavy atom. The van der Waals surface area contributed by atoms with Gasteiger partial charge in [-0.3, -0.25) is 14.4 Å². The van der Waals surface area contributed by atoms with Crippen molar-refractivity contribution in [3.63, 3.8) is 0 Å². The zero-order valence-corrected chi connectivity index (χ0v) is 19.1. The number of carbonyl (C=O) groups is 3. The predicted molar refractivity (Wildman–Crippen MR) is 128 cm³/mol. The van der Waals surface area contributed by atoms with Crippen LogP contribution in [-0.2, 0) is 14.3 Å². The van der Waals surface area contributed by atoms with E-state index in [0.29, 0.717) is 36.0 Å². The van der Waals surface area contributed by atoms with Crippen molar-refractivity contribution >= 4 is 35.1 Å². The first-order chi connectivity index (χ1) is 16.6. The van der Waals surface area contributed by atoms with E-state index in [1.54, 1.807) is 24.3 Å². The number of hydrogen-bond acceptors (Lipinski definition) is 7. The van der Waals surface area contributed by atoms with Crippen molar-refractivity contribution in [2.24, 2.45) is 0 Å². The molecule has 0 unspecified atom stereocenters. The third kappa shape index (κ3) is 6.39. The van der Waals surface area contributed by atoms with Crippen molar-refractivity contribution in [3.8, 4) is 11.5 Å². The van der Waals surface area contributed by atoms with E-state index in [-0.39, 0.29) is 18.6 Å². The second-order valence-corrected chi connectivity index (χ2v) is 8.52. The molecule has 0 atom stereocenters. The lowest BCUT2D eigenvalue weighted by atomic mass is 10.1. The summed E-state index contributed by atoms with van der Waals surface area (Å²) < 4.78 is 16.0. The number of amides is 1. The van der Waals surface area contributed by atoms with Crippen LogP contribution in [0.3, 0.4) is 0 Å². The van der Waals surface area contributed by atoms with Gasteiger partial charge in [0.25, 0.3) is 5.91 Å². The van der Waals surface area contributed by atoms with Crippen LogP contribution in [0.15, 0.2) is 82.6 Å². The van der Waals surface area contributed by atoms with Gasteiger partial charge in [0, 0.05) is 21.8 Å². The van der Waals surface area contributed by atoms with Crippen LogP contribution >= 0.6 is 11.8 Å². The maximum atomic E-state index is 12.4. The number of nitrogens with one attached hydrogen (secondary N) is 1. The lowest BCUT2D eigenvalue weighted by Crippen LogP contribution is -2.21. The fraction of sp³-hybridized carbons (Fsp3) is 0.192. The highest BCUT2D eigenvalue weighted by Crippen LogP contribution is 2.33. The maximum Gasteiger partial charge on any atom is 0.306 e. The minimum Gasteiger partial charge on any atom is -0.486 e.